The molecule has 0 aliphatic heterocycles. The Morgan fingerprint density at radius 1 is 1.09 bits per heavy atom. The van der Waals surface area contributed by atoms with Gasteiger partial charge < -0.3 is 5.32 Å². The molecular formula is C18H18N4O. The third-order valence-corrected chi connectivity index (χ3v) is 3.55. The van der Waals surface area contributed by atoms with Crippen LogP contribution in [-0.2, 0) is 13.0 Å². The van der Waals surface area contributed by atoms with Crippen LogP contribution in [0.4, 0.5) is 5.69 Å². The minimum Gasteiger partial charge on any atom is -0.321 e. The molecule has 3 aromatic rings. The predicted octanol–water partition coefficient (Wildman–Crippen LogP) is 3.14. The lowest BCUT2D eigenvalue weighted by molar-refractivity contribution is 0.102. The number of amides is 1. The molecule has 5 heteroatoms. The number of nitrogens with zero attached hydrogens (tertiary/aromatic N) is 3. The fraction of sp³-hybridized carbons (Fsp3) is 0.167. The van der Waals surface area contributed by atoms with Crippen LogP contribution in [0.15, 0.2) is 60.8 Å². The van der Waals surface area contributed by atoms with Gasteiger partial charge in [-0.15, -0.1) is 5.10 Å². The molecule has 0 fully saturated rings. The van der Waals surface area contributed by atoms with E-state index >= 15 is 0 Å². The first-order valence-corrected chi connectivity index (χ1v) is 7.59. The number of rotatable bonds is 5. The van der Waals surface area contributed by atoms with Gasteiger partial charge in [-0.1, -0.05) is 54.6 Å². The number of hydrogen-bond donors (Lipinski definition) is 1. The summed E-state index contributed by atoms with van der Waals surface area (Å²) in [7, 11) is 0. The van der Waals surface area contributed by atoms with Crippen molar-refractivity contribution in [1.82, 2.24) is 15.0 Å². The predicted molar refractivity (Wildman–Crippen MR) is 89.3 cm³/mol. The zero-order valence-corrected chi connectivity index (χ0v) is 12.9. The zero-order chi connectivity index (χ0) is 16.1. The summed E-state index contributed by atoms with van der Waals surface area (Å²) >= 11 is 0. The van der Waals surface area contributed by atoms with Crippen LogP contribution < -0.4 is 5.32 Å². The molecule has 0 radical (unpaired) electrons. The molecule has 1 N–H and O–H groups in total. The Morgan fingerprint density at radius 3 is 2.65 bits per heavy atom. The van der Waals surface area contributed by atoms with Gasteiger partial charge in [-0.05, 0) is 29.7 Å². The van der Waals surface area contributed by atoms with Crippen LogP contribution in [0.25, 0.3) is 0 Å². The first-order chi connectivity index (χ1) is 11.2. The lowest BCUT2D eigenvalue weighted by Gasteiger charge is -2.04. The van der Waals surface area contributed by atoms with E-state index in [2.05, 4.69) is 22.6 Å². The summed E-state index contributed by atoms with van der Waals surface area (Å²) in [4.78, 5) is 12.3. The number of aryl methyl sites for hydroxylation is 1. The molecule has 0 aliphatic rings. The number of carbonyl (C=O) groups excluding carboxylic acids is 1. The van der Waals surface area contributed by atoms with Crippen molar-refractivity contribution in [2.24, 2.45) is 0 Å². The molecule has 0 spiro atoms. The molecule has 1 heterocycles. The third kappa shape index (κ3) is 3.83. The monoisotopic (exact) mass is 306 g/mol. The SMILES string of the molecule is CCc1cccc(NC(=O)c2cn(Cc3ccccc3)nn2)c1. The van der Waals surface area contributed by atoms with Crippen LogP contribution >= 0.6 is 0 Å². The van der Waals surface area contributed by atoms with Crippen LogP contribution in [0.1, 0.15) is 28.5 Å². The first-order valence-electron chi connectivity index (χ1n) is 7.59. The van der Waals surface area contributed by atoms with Crippen molar-refractivity contribution in [3.8, 4) is 0 Å². The second-order valence-electron chi connectivity index (χ2n) is 5.30. The lowest BCUT2D eigenvalue weighted by atomic mass is 10.1. The minimum atomic E-state index is -0.252. The Bertz CT molecular complexity index is 796. The topological polar surface area (TPSA) is 59.8 Å². The average Bonchev–Trinajstić information content (AvgIpc) is 3.04. The van der Waals surface area contributed by atoms with Crippen molar-refractivity contribution in [3.05, 3.63) is 77.6 Å². The van der Waals surface area contributed by atoms with Crippen LogP contribution in [-0.4, -0.2) is 20.9 Å². The first kappa shape index (κ1) is 15.0. The van der Waals surface area contributed by atoms with E-state index in [0.29, 0.717) is 12.2 Å². The summed E-state index contributed by atoms with van der Waals surface area (Å²) in [5, 5.41) is 10.8. The maximum Gasteiger partial charge on any atom is 0.277 e. The van der Waals surface area contributed by atoms with E-state index in [0.717, 1.165) is 17.7 Å². The van der Waals surface area contributed by atoms with Gasteiger partial charge in [-0.3, -0.25) is 4.79 Å². The quantitative estimate of drug-likeness (QED) is 0.788. The molecule has 1 amide bonds. The zero-order valence-electron chi connectivity index (χ0n) is 12.9. The molecule has 0 aliphatic carbocycles. The van der Waals surface area contributed by atoms with Crippen LogP contribution in [0, 0.1) is 0 Å². The van der Waals surface area contributed by atoms with Gasteiger partial charge in [0.15, 0.2) is 5.69 Å². The van der Waals surface area contributed by atoms with E-state index in [1.807, 2.05) is 54.6 Å². The van der Waals surface area contributed by atoms with Gasteiger partial charge in [0.25, 0.3) is 5.91 Å². The molecule has 0 atom stereocenters. The fourth-order valence-electron chi connectivity index (χ4n) is 2.31. The smallest absolute Gasteiger partial charge is 0.277 e. The van der Waals surface area contributed by atoms with Crippen molar-refractivity contribution < 1.29 is 4.79 Å². The highest BCUT2D eigenvalue weighted by atomic mass is 16.2. The largest absolute Gasteiger partial charge is 0.321 e. The van der Waals surface area contributed by atoms with Gasteiger partial charge in [0.1, 0.15) is 0 Å². The lowest BCUT2D eigenvalue weighted by Crippen LogP contribution is -2.12. The number of benzene rings is 2. The summed E-state index contributed by atoms with van der Waals surface area (Å²) in [6, 6.07) is 17.7. The van der Waals surface area contributed by atoms with Crippen molar-refractivity contribution in [2.75, 3.05) is 5.32 Å². The molecule has 116 valence electrons. The summed E-state index contributed by atoms with van der Waals surface area (Å²) in [5.41, 5.74) is 3.37. The summed E-state index contributed by atoms with van der Waals surface area (Å²) in [5.74, 6) is -0.252. The molecule has 0 saturated carbocycles. The van der Waals surface area contributed by atoms with Crippen molar-refractivity contribution in [3.63, 3.8) is 0 Å². The van der Waals surface area contributed by atoms with Gasteiger partial charge in [0, 0.05) is 5.69 Å². The number of anilines is 1. The van der Waals surface area contributed by atoms with Crippen LogP contribution in [0.5, 0.6) is 0 Å². The van der Waals surface area contributed by atoms with Crippen molar-refractivity contribution in [1.29, 1.82) is 0 Å². The van der Waals surface area contributed by atoms with Crippen LogP contribution in [0.2, 0.25) is 0 Å². The molecule has 1 aromatic heterocycles. The van der Waals surface area contributed by atoms with E-state index in [1.54, 1.807) is 10.9 Å². The fourth-order valence-corrected chi connectivity index (χ4v) is 2.31. The highest BCUT2D eigenvalue weighted by Crippen LogP contribution is 2.12. The van der Waals surface area contributed by atoms with Gasteiger partial charge in [-0.25, -0.2) is 4.68 Å². The number of carbonyl (C=O) groups is 1. The van der Waals surface area contributed by atoms with Crippen molar-refractivity contribution in [2.45, 2.75) is 19.9 Å². The Labute approximate surface area is 135 Å². The highest BCUT2D eigenvalue weighted by molar-refractivity contribution is 6.02. The highest BCUT2D eigenvalue weighted by Gasteiger charge is 2.11. The second kappa shape index (κ2) is 6.87. The van der Waals surface area contributed by atoms with Gasteiger partial charge in [-0.2, -0.15) is 0 Å². The van der Waals surface area contributed by atoms with Gasteiger partial charge >= 0.3 is 0 Å². The summed E-state index contributed by atoms with van der Waals surface area (Å²) < 4.78 is 1.66. The van der Waals surface area contributed by atoms with E-state index in [-0.39, 0.29) is 5.91 Å². The molecule has 0 saturated heterocycles. The van der Waals surface area contributed by atoms with E-state index in [9.17, 15) is 4.79 Å². The maximum absolute atomic E-state index is 12.3. The van der Waals surface area contributed by atoms with Crippen molar-refractivity contribution >= 4 is 11.6 Å². The number of aromatic nitrogens is 3. The summed E-state index contributed by atoms with van der Waals surface area (Å²) in [6.45, 7) is 2.67. The minimum absolute atomic E-state index is 0.252. The van der Waals surface area contributed by atoms with E-state index < -0.39 is 0 Å². The second-order valence-corrected chi connectivity index (χ2v) is 5.30. The van der Waals surface area contributed by atoms with Gasteiger partial charge in [0.2, 0.25) is 0 Å². The molecule has 0 bridgehead atoms. The Morgan fingerprint density at radius 2 is 1.87 bits per heavy atom. The number of nitrogens with one attached hydrogen (secondary N) is 1. The normalized spacial score (nSPS) is 10.5. The molecule has 3 rings (SSSR count). The maximum atomic E-state index is 12.3. The standard InChI is InChI=1S/C18H18N4O/c1-2-14-9-6-10-16(11-14)19-18(23)17-13-22(21-20-17)12-15-7-4-3-5-8-15/h3-11,13H,2,12H2,1H3,(H,19,23). The number of hydrogen-bond acceptors (Lipinski definition) is 3. The van der Waals surface area contributed by atoms with E-state index in [4.69, 9.17) is 0 Å². The Hall–Kier alpha value is -2.95. The molecule has 0 unspecified atom stereocenters. The van der Waals surface area contributed by atoms with Crippen LogP contribution in [0.3, 0.4) is 0 Å². The molecule has 2 aromatic carbocycles. The van der Waals surface area contributed by atoms with E-state index in [1.165, 1.54) is 5.56 Å². The summed E-state index contributed by atoms with van der Waals surface area (Å²) in [6.07, 6.45) is 2.59. The third-order valence-electron chi connectivity index (χ3n) is 3.55. The average molecular weight is 306 g/mol. The Balaban J connectivity index is 1.68. The molecule has 5 nitrogen and oxygen atoms in total. The molecular weight excluding hydrogens is 288 g/mol. The van der Waals surface area contributed by atoms with Gasteiger partial charge in [0.05, 0.1) is 12.7 Å². The Kier molecular flexibility index (Phi) is 4.47. The molecule has 23 heavy (non-hydrogen) atoms.